The minimum atomic E-state index is -0.459. The zero-order valence-electron chi connectivity index (χ0n) is 12.7. The number of hydrogen-bond donors (Lipinski definition) is 1. The van der Waals surface area contributed by atoms with Crippen LogP contribution in [0.25, 0.3) is 0 Å². The summed E-state index contributed by atoms with van der Waals surface area (Å²) in [6.45, 7) is 2.73. The van der Waals surface area contributed by atoms with Gasteiger partial charge in [0.2, 0.25) is 0 Å². The number of aromatic nitrogens is 4. The minimum absolute atomic E-state index is 0. The second-order valence-corrected chi connectivity index (χ2v) is 6.42. The Morgan fingerprint density at radius 3 is 3.09 bits per heavy atom. The molecular formula is C13H19ClN6O2S. The Labute approximate surface area is 144 Å². The van der Waals surface area contributed by atoms with Crippen LogP contribution >= 0.6 is 23.7 Å². The van der Waals surface area contributed by atoms with E-state index >= 15 is 0 Å². The summed E-state index contributed by atoms with van der Waals surface area (Å²) in [6.07, 6.45) is 5.58. The van der Waals surface area contributed by atoms with Gasteiger partial charge in [0, 0.05) is 24.2 Å². The highest BCUT2D eigenvalue weighted by atomic mass is 35.5. The monoisotopic (exact) mass is 358 g/mol. The minimum Gasteiger partial charge on any atom is -0.464 e. The summed E-state index contributed by atoms with van der Waals surface area (Å²) < 4.78 is 6.42. The van der Waals surface area contributed by atoms with Crippen molar-refractivity contribution >= 4 is 34.8 Å². The van der Waals surface area contributed by atoms with E-state index in [1.54, 1.807) is 10.9 Å². The number of anilines is 1. The molecule has 1 saturated heterocycles. The highest BCUT2D eigenvalue weighted by Gasteiger charge is 2.24. The molecule has 23 heavy (non-hydrogen) atoms. The van der Waals surface area contributed by atoms with Crippen molar-refractivity contribution in [2.75, 3.05) is 25.9 Å². The molecule has 1 aliphatic rings. The number of ether oxygens (including phenoxy) is 1. The second kappa shape index (κ2) is 7.71. The predicted molar refractivity (Wildman–Crippen MR) is 88.7 cm³/mol. The zero-order valence-corrected chi connectivity index (χ0v) is 14.3. The molecule has 1 fully saturated rings. The average Bonchev–Trinajstić information content (AvgIpc) is 3.16. The Bertz CT molecular complexity index is 660. The van der Waals surface area contributed by atoms with Gasteiger partial charge in [-0.15, -0.1) is 28.8 Å². The number of nitrogens with zero attached hydrogens (tertiary/aromatic N) is 5. The number of esters is 1. The van der Waals surface area contributed by atoms with E-state index in [9.17, 15) is 4.79 Å². The predicted octanol–water partition coefficient (Wildman–Crippen LogP) is 1.36. The molecule has 0 aliphatic carbocycles. The van der Waals surface area contributed by atoms with Gasteiger partial charge in [0.25, 0.3) is 0 Å². The molecule has 1 aliphatic heterocycles. The van der Waals surface area contributed by atoms with Crippen molar-refractivity contribution in [1.29, 1.82) is 0 Å². The van der Waals surface area contributed by atoms with Crippen LogP contribution in [-0.2, 0) is 11.3 Å². The molecule has 1 atom stereocenters. The van der Waals surface area contributed by atoms with E-state index < -0.39 is 5.97 Å². The van der Waals surface area contributed by atoms with E-state index in [4.69, 9.17) is 5.73 Å². The van der Waals surface area contributed by atoms with Crippen LogP contribution in [0, 0.1) is 0 Å². The highest BCUT2D eigenvalue weighted by Crippen LogP contribution is 2.24. The number of carbonyl (C=O) groups excluding carboxylic acids is 1. The van der Waals surface area contributed by atoms with Crippen LogP contribution in [0.3, 0.4) is 0 Å². The summed E-state index contributed by atoms with van der Waals surface area (Å²) in [5.74, 6) is -0.459. The van der Waals surface area contributed by atoms with Gasteiger partial charge >= 0.3 is 5.97 Å². The molecule has 3 heterocycles. The molecule has 0 aromatic carbocycles. The molecule has 2 aromatic heterocycles. The lowest BCUT2D eigenvalue weighted by atomic mass is 10.1. The normalized spacial score (nSPS) is 18.4. The van der Waals surface area contributed by atoms with Crippen LogP contribution in [-0.4, -0.2) is 51.0 Å². The summed E-state index contributed by atoms with van der Waals surface area (Å²) in [5, 5.41) is 8.53. The fraction of sp³-hybridized carbons (Fsp3) is 0.538. The number of nitrogens with two attached hydrogens (primary N) is 1. The SMILES string of the molecule is COC(=O)c1cn(C2CCCN(Cc3cnc(N)s3)C2)nn1.Cl. The van der Waals surface area contributed by atoms with Gasteiger partial charge in [-0.2, -0.15) is 0 Å². The Hall–Kier alpha value is -1.71. The van der Waals surface area contributed by atoms with Crippen LogP contribution in [0.5, 0.6) is 0 Å². The Morgan fingerprint density at radius 1 is 1.57 bits per heavy atom. The van der Waals surface area contributed by atoms with E-state index in [-0.39, 0.29) is 24.1 Å². The lowest BCUT2D eigenvalue weighted by molar-refractivity contribution is 0.0594. The van der Waals surface area contributed by atoms with Gasteiger partial charge in [-0.25, -0.2) is 14.5 Å². The highest BCUT2D eigenvalue weighted by molar-refractivity contribution is 7.15. The number of carbonyl (C=O) groups is 1. The van der Waals surface area contributed by atoms with Gasteiger partial charge in [0.05, 0.1) is 19.3 Å². The third kappa shape index (κ3) is 4.18. The van der Waals surface area contributed by atoms with Crippen LogP contribution < -0.4 is 5.73 Å². The lowest BCUT2D eigenvalue weighted by Gasteiger charge is -2.32. The molecule has 1 unspecified atom stereocenters. The maximum atomic E-state index is 11.5. The summed E-state index contributed by atoms with van der Waals surface area (Å²) in [6, 6.07) is 0.213. The van der Waals surface area contributed by atoms with Gasteiger partial charge in [0.15, 0.2) is 10.8 Å². The number of halogens is 1. The molecule has 2 aromatic rings. The van der Waals surface area contributed by atoms with Crippen molar-refractivity contribution in [2.45, 2.75) is 25.4 Å². The number of thiazole rings is 1. The topological polar surface area (TPSA) is 99.2 Å². The standard InChI is InChI=1S/C13H18N6O2S.ClH/c1-21-12(20)11-8-19(17-16-11)9-3-2-4-18(6-9)7-10-5-15-13(14)22-10;/h5,8-9H,2-4,6-7H2,1H3,(H2,14,15);1H. The average molecular weight is 359 g/mol. The molecule has 0 spiro atoms. The lowest BCUT2D eigenvalue weighted by Crippen LogP contribution is -2.36. The number of likely N-dealkylation sites (tertiary alicyclic amines) is 1. The number of methoxy groups -OCH3 is 1. The van der Waals surface area contributed by atoms with Crippen molar-refractivity contribution in [1.82, 2.24) is 24.9 Å². The molecule has 10 heteroatoms. The van der Waals surface area contributed by atoms with E-state index in [0.717, 1.165) is 37.4 Å². The van der Waals surface area contributed by atoms with E-state index in [1.165, 1.54) is 18.4 Å². The smallest absolute Gasteiger partial charge is 0.360 e. The fourth-order valence-electron chi connectivity index (χ4n) is 2.66. The van der Waals surface area contributed by atoms with E-state index in [1.807, 2.05) is 6.20 Å². The summed E-state index contributed by atoms with van der Waals surface area (Å²) >= 11 is 1.52. The second-order valence-electron chi connectivity index (χ2n) is 5.27. The maximum absolute atomic E-state index is 11.5. The van der Waals surface area contributed by atoms with Crippen LogP contribution in [0.1, 0.15) is 34.2 Å². The van der Waals surface area contributed by atoms with Crippen molar-refractivity contribution in [2.24, 2.45) is 0 Å². The Kier molecular flexibility index (Phi) is 5.91. The van der Waals surface area contributed by atoms with Gasteiger partial charge < -0.3 is 10.5 Å². The maximum Gasteiger partial charge on any atom is 0.360 e. The molecule has 2 N–H and O–H groups in total. The molecule has 0 saturated carbocycles. The Balaban J connectivity index is 0.00000192. The first kappa shape index (κ1) is 17.6. The van der Waals surface area contributed by atoms with E-state index in [0.29, 0.717) is 5.13 Å². The molecule has 126 valence electrons. The third-order valence-electron chi connectivity index (χ3n) is 3.71. The number of piperidine rings is 1. The summed E-state index contributed by atoms with van der Waals surface area (Å²) in [4.78, 5) is 19.0. The quantitative estimate of drug-likeness (QED) is 0.824. The van der Waals surface area contributed by atoms with E-state index in [2.05, 4.69) is 24.9 Å². The molecule has 8 nitrogen and oxygen atoms in total. The first-order valence-electron chi connectivity index (χ1n) is 7.08. The van der Waals surface area contributed by atoms with Crippen molar-refractivity contribution in [3.05, 3.63) is 23.0 Å². The zero-order chi connectivity index (χ0) is 15.5. The molecule has 0 radical (unpaired) electrons. The third-order valence-corrected chi connectivity index (χ3v) is 4.52. The number of rotatable bonds is 4. The van der Waals surface area contributed by atoms with Gasteiger partial charge in [-0.1, -0.05) is 5.21 Å². The van der Waals surface area contributed by atoms with Crippen molar-refractivity contribution in [3.63, 3.8) is 0 Å². The van der Waals surface area contributed by atoms with Crippen molar-refractivity contribution < 1.29 is 9.53 Å². The van der Waals surface area contributed by atoms with Gasteiger partial charge in [-0.3, -0.25) is 4.90 Å². The number of nitrogen functional groups attached to an aromatic ring is 1. The van der Waals surface area contributed by atoms with Gasteiger partial charge in [0.1, 0.15) is 0 Å². The number of hydrogen-bond acceptors (Lipinski definition) is 8. The van der Waals surface area contributed by atoms with Crippen LogP contribution in [0.15, 0.2) is 12.4 Å². The van der Waals surface area contributed by atoms with Crippen LogP contribution in [0.2, 0.25) is 0 Å². The molecular weight excluding hydrogens is 340 g/mol. The fourth-order valence-corrected chi connectivity index (χ4v) is 3.39. The Morgan fingerprint density at radius 2 is 2.39 bits per heavy atom. The first-order chi connectivity index (χ1) is 10.7. The van der Waals surface area contributed by atoms with Gasteiger partial charge in [-0.05, 0) is 19.4 Å². The molecule has 0 amide bonds. The molecule has 0 bridgehead atoms. The molecule has 3 rings (SSSR count). The first-order valence-corrected chi connectivity index (χ1v) is 7.90. The largest absolute Gasteiger partial charge is 0.464 e. The van der Waals surface area contributed by atoms with Crippen molar-refractivity contribution in [3.8, 4) is 0 Å². The summed E-state index contributed by atoms with van der Waals surface area (Å²) in [7, 11) is 1.34. The van der Waals surface area contributed by atoms with Crippen LogP contribution in [0.4, 0.5) is 5.13 Å². The summed E-state index contributed by atoms with van der Waals surface area (Å²) in [5.41, 5.74) is 5.91.